The van der Waals surface area contributed by atoms with Gasteiger partial charge in [0.2, 0.25) is 0 Å². The van der Waals surface area contributed by atoms with Crippen LogP contribution in [0.3, 0.4) is 0 Å². The summed E-state index contributed by atoms with van der Waals surface area (Å²) in [6, 6.07) is 0. The van der Waals surface area contributed by atoms with Crippen molar-refractivity contribution in [1.29, 1.82) is 0 Å². The molecule has 0 aromatic carbocycles. The molecule has 2 heteroatoms. The zero-order valence-electron chi connectivity index (χ0n) is 14.7. The van der Waals surface area contributed by atoms with Crippen LogP contribution in [0, 0.1) is 22.7 Å². The van der Waals surface area contributed by atoms with Crippen LogP contribution >= 0.6 is 0 Å². The summed E-state index contributed by atoms with van der Waals surface area (Å²) in [4.78, 5) is 0. The van der Waals surface area contributed by atoms with Crippen LogP contribution in [0.25, 0.3) is 0 Å². The first-order valence-electron chi connectivity index (χ1n) is 8.95. The van der Waals surface area contributed by atoms with Gasteiger partial charge in [-0.15, -0.1) is 0 Å². The summed E-state index contributed by atoms with van der Waals surface area (Å²) in [5.41, 5.74) is 3.20. The van der Waals surface area contributed by atoms with Gasteiger partial charge in [-0.25, -0.2) is 0 Å². The lowest BCUT2D eigenvalue weighted by molar-refractivity contribution is -0.138. The van der Waals surface area contributed by atoms with Gasteiger partial charge in [-0.1, -0.05) is 39.8 Å². The lowest BCUT2D eigenvalue weighted by Crippen LogP contribution is -2.49. The molecular formula is C20H32O2. The fraction of sp³-hybridized carbons (Fsp3) is 0.800. The zero-order chi connectivity index (χ0) is 16.1. The normalized spacial score (nSPS) is 44.8. The number of aliphatic hydroxyl groups is 1. The molecule has 2 fully saturated rings. The molecule has 0 aromatic rings. The van der Waals surface area contributed by atoms with E-state index in [1.807, 2.05) is 6.08 Å². The van der Waals surface area contributed by atoms with Crippen LogP contribution in [0.5, 0.6) is 0 Å². The van der Waals surface area contributed by atoms with Crippen LogP contribution in [-0.4, -0.2) is 17.5 Å². The van der Waals surface area contributed by atoms with Gasteiger partial charge in [-0.05, 0) is 66.4 Å². The van der Waals surface area contributed by atoms with Gasteiger partial charge < -0.3 is 9.84 Å². The first kappa shape index (κ1) is 16.3. The van der Waals surface area contributed by atoms with Crippen molar-refractivity contribution < 1.29 is 9.84 Å². The van der Waals surface area contributed by atoms with E-state index in [2.05, 4.69) is 34.3 Å². The highest BCUT2D eigenvalue weighted by Crippen LogP contribution is 2.61. The Morgan fingerprint density at radius 3 is 2.68 bits per heavy atom. The fourth-order valence-corrected chi connectivity index (χ4v) is 5.90. The second kappa shape index (κ2) is 5.49. The molecule has 1 saturated heterocycles. The molecule has 1 heterocycles. The zero-order valence-corrected chi connectivity index (χ0v) is 14.7. The van der Waals surface area contributed by atoms with Gasteiger partial charge in [0.05, 0.1) is 6.10 Å². The van der Waals surface area contributed by atoms with Crippen molar-refractivity contribution in [2.24, 2.45) is 22.7 Å². The van der Waals surface area contributed by atoms with E-state index < -0.39 is 6.29 Å². The van der Waals surface area contributed by atoms with E-state index in [4.69, 9.17) is 4.74 Å². The summed E-state index contributed by atoms with van der Waals surface area (Å²) >= 11 is 0. The third-order valence-electron chi connectivity index (χ3n) is 7.13. The molecule has 0 aromatic heterocycles. The summed E-state index contributed by atoms with van der Waals surface area (Å²) in [6.45, 7) is 13.4. The molecular weight excluding hydrogens is 272 g/mol. The van der Waals surface area contributed by atoms with E-state index in [9.17, 15) is 5.11 Å². The van der Waals surface area contributed by atoms with Gasteiger partial charge in [-0.3, -0.25) is 0 Å². The molecule has 124 valence electrons. The monoisotopic (exact) mass is 304 g/mol. The van der Waals surface area contributed by atoms with Crippen LogP contribution in [-0.2, 0) is 4.74 Å². The number of ether oxygens (including phenoxy) is 1. The molecule has 1 N–H and O–H groups in total. The van der Waals surface area contributed by atoms with Crippen LogP contribution in [0.4, 0.5) is 0 Å². The minimum absolute atomic E-state index is 0.0700. The van der Waals surface area contributed by atoms with E-state index >= 15 is 0 Å². The molecule has 1 saturated carbocycles. The van der Waals surface area contributed by atoms with Gasteiger partial charge in [0.1, 0.15) is 0 Å². The number of fused-ring (bicyclic) bond motifs is 3. The molecule has 0 radical (unpaired) electrons. The molecule has 1 aliphatic heterocycles. The molecule has 0 spiro atoms. The summed E-state index contributed by atoms with van der Waals surface area (Å²) in [7, 11) is 0. The molecule has 3 rings (SSSR count). The summed E-state index contributed by atoms with van der Waals surface area (Å²) in [5.74, 6) is 1.06. The summed E-state index contributed by atoms with van der Waals surface area (Å²) < 4.78 is 6.16. The third kappa shape index (κ3) is 2.39. The van der Waals surface area contributed by atoms with Crippen molar-refractivity contribution in [2.75, 3.05) is 0 Å². The average molecular weight is 304 g/mol. The fourth-order valence-electron chi connectivity index (χ4n) is 5.90. The first-order chi connectivity index (χ1) is 10.3. The number of rotatable bonds is 1. The largest absolute Gasteiger partial charge is 0.368 e. The Morgan fingerprint density at radius 1 is 1.27 bits per heavy atom. The Hall–Kier alpha value is -0.600. The van der Waals surface area contributed by atoms with Gasteiger partial charge in [-0.2, -0.15) is 0 Å². The van der Waals surface area contributed by atoms with Crippen molar-refractivity contribution in [3.05, 3.63) is 23.8 Å². The Balaban J connectivity index is 2.05. The Labute approximate surface area is 135 Å². The van der Waals surface area contributed by atoms with Gasteiger partial charge in [0, 0.05) is 6.42 Å². The topological polar surface area (TPSA) is 29.5 Å². The number of allylic oxidation sites excluding steroid dienone is 2. The highest BCUT2D eigenvalue weighted by atomic mass is 16.6. The predicted octanol–water partition coefficient (Wildman–Crippen LogP) is 4.84. The van der Waals surface area contributed by atoms with E-state index in [-0.39, 0.29) is 11.5 Å². The Morgan fingerprint density at radius 2 is 2.00 bits per heavy atom. The quantitative estimate of drug-likeness (QED) is 0.751. The van der Waals surface area contributed by atoms with Crippen molar-refractivity contribution in [2.45, 2.75) is 78.6 Å². The van der Waals surface area contributed by atoms with E-state index in [0.29, 0.717) is 17.3 Å². The molecule has 2 aliphatic carbocycles. The molecule has 0 unspecified atom stereocenters. The first-order valence-corrected chi connectivity index (χ1v) is 8.95. The van der Waals surface area contributed by atoms with Crippen molar-refractivity contribution in [3.63, 3.8) is 0 Å². The summed E-state index contributed by atoms with van der Waals surface area (Å²) in [6.07, 6.45) is 8.33. The molecule has 2 nitrogen and oxygen atoms in total. The van der Waals surface area contributed by atoms with Crippen LogP contribution in [0.1, 0.15) is 66.2 Å². The van der Waals surface area contributed by atoms with Crippen molar-refractivity contribution in [1.82, 2.24) is 0 Å². The van der Waals surface area contributed by atoms with Crippen molar-refractivity contribution in [3.8, 4) is 0 Å². The molecule has 3 aliphatic rings. The lowest BCUT2D eigenvalue weighted by Gasteiger charge is -2.55. The van der Waals surface area contributed by atoms with E-state index in [0.717, 1.165) is 12.8 Å². The standard InChI is InChI=1S/C20H32O2/c1-6-14-8-9-15-18(13(14)2)22-17(21)12-16-19(3,4)10-7-11-20(15,16)5/h6,15-18,21H,1,7-12H2,2-5H3/t15-,16-,17+,18-,20+/m0/s1. The third-order valence-corrected chi connectivity index (χ3v) is 7.13. The number of hydrogen-bond acceptors (Lipinski definition) is 2. The predicted molar refractivity (Wildman–Crippen MR) is 90.3 cm³/mol. The van der Waals surface area contributed by atoms with Crippen LogP contribution < -0.4 is 0 Å². The van der Waals surface area contributed by atoms with Gasteiger partial charge in [0.25, 0.3) is 0 Å². The minimum Gasteiger partial charge on any atom is -0.368 e. The maximum absolute atomic E-state index is 10.5. The maximum Gasteiger partial charge on any atom is 0.155 e. The average Bonchev–Trinajstić information content (AvgIpc) is 2.56. The van der Waals surface area contributed by atoms with E-state index in [1.165, 1.54) is 36.8 Å². The van der Waals surface area contributed by atoms with Gasteiger partial charge >= 0.3 is 0 Å². The minimum atomic E-state index is -0.629. The Kier molecular flexibility index (Phi) is 4.06. The highest BCUT2D eigenvalue weighted by molar-refractivity contribution is 5.30. The molecule has 5 atom stereocenters. The number of aliphatic hydroxyl groups excluding tert-OH is 1. The Bertz CT molecular complexity index is 490. The second-order valence-electron chi connectivity index (χ2n) is 8.71. The lowest BCUT2D eigenvalue weighted by atomic mass is 9.49. The summed E-state index contributed by atoms with van der Waals surface area (Å²) in [5, 5.41) is 10.5. The molecule has 0 bridgehead atoms. The van der Waals surface area contributed by atoms with E-state index in [1.54, 1.807) is 0 Å². The second-order valence-corrected chi connectivity index (χ2v) is 8.71. The van der Waals surface area contributed by atoms with Gasteiger partial charge in [0.15, 0.2) is 6.29 Å². The smallest absolute Gasteiger partial charge is 0.155 e. The van der Waals surface area contributed by atoms with Crippen LogP contribution in [0.2, 0.25) is 0 Å². The van der Waals surface area contributed by atoms with Crippen LogP contribution in [0.15, 0.2) is 23.8 Å². The maximum atomic E-state index is 10.5. The molecule has 22 heavy (non-hydrogen) atoms. The highest BCUT2D eigenvalue weighted by Gasteiger charge is 2.55. The van der Waals surface area contributed by atoms with Crippen molar-refractivity contribution >= 4 is 0 Å². The SMILES string of the molecule is C=CC1=C(C)[C@@H]2O[C@@H](O)C[C@H]3C(C)(C)CCC[C@]3(C)[C@H]2CC1. The molecule has 0 amide bonds. The number of hydrogen-bond donors (Lipinski definition) is 1.